The summed E-state index contributed by atoms with van der Waals surface area (Å²) in [4.78, 5) is 27.7. The molecule has 0 bridgehead atoms. The number of nitrogens with two attached hydrogens (primary N) is 1. The van der Waals surface area contributed by atoms with Gasteiger partial charge >= 0.3 is 0 Å². The Labute approximate surface area is 170 Å². The Kier molecular flexibility index (Phi) is 11.1. The highest BCUT2D eigenvalue weighted by atomic mass is 35.5. The molecule has 27 heavy (non-hydrogen) atoms. The van der Waals surface area contributed by atoms with Gasteiger partial charge in [0.15, 0.2) is 0 Å². The van der Waals surface area contributed by atoms with Crippen LogP contribution < -0.4 is 21.1 Å². The van der Waals surface area contributed by atoms with E-state index >= 15 is 0 Å². The monoisotopic (exact) mass is 414 g/mol. The standard InChI is InChI=1S/C18H22N4O3.2ClH/c1-12(2)17(19)18(24)21-11-15(23)22-13-6-8-14(9-7-13)25-16-5-3-4-10-20-16;;/h3-10,12,17H,11,19H2,1-2H3,(H,21,24)(H,22,23);2*1H/t17-;;/m0../s1. The number of nitrogens with zero attached hydrogens (tertiary/aromatic N) is 1. The molecule has 148 valence electrons. The van der Waals surface area contributed by atoms with Crippen LogP contribution in [-0.2, 0) is 9.59 Å². The van der Waals surface area contributed by atoms with Crippen LogP contribution in [-0.4, -0.2) is 29.4 Å². The van der Waals surface area contributed by atoms with E-state index in [1.54, 1.807) is 42.6 Å². The Balaban J connectivity index is 0.00000338. The van der Waals surface area contributed by atoms with Crippen molar-refractivity contribution in [1.29, 1.82) is 0 Å². The Morgan fingerprint density at radius 2 is 1.78 bits per heavy atom. The lowest BCUT2D eigenvalue weighted by Crippen LogP contribution is -2.46. The van der Waals surface area contributed by atoms with Crippen LogP contribution >= 0.6 is 24.8 Å². The van der Waals surface area contributed by atoms with Gasteiger partial charge in [-0.3, -0.25) is 9.59 Å². The first kappa shape index (κ1) is 24.7. The molecule has 1 aromatic carbocycles. The third kappa shape index (κ3) is 8.25. The van der Waals surface area contributed by atoms with Gasteiger partial charge in [-0.05, 0) is 36.2 Å². The molecule has 2 amide bonds. The molecule has 0 saturated heterocycles. The van der Waals surface area contributed by atoms with Crippen LogP contribution in [0.1, 0.15) is 13.8 Å². The second-order valence-electron chi connectivity index (χ2n) is 5.83. The van der Waals surface area contributed by atoms with Crippen LogP contribution in [0.5, 0.6) is 11.6 Å². The van der Waals surface area contributed by atoms with E-state index in [0.29, 0.717) is 17.3 Å². The fourth-order valence-corrected chi connectivity index (χ4v) is 1.93. The van der Waals surface area contributed by atoms with Gasteiger partial charge in [0.2, 0.25) is 17.7 Å². The summed E-state index contributed by atoms with van der Waals surface area (Å²) in [7, 11) is 0. The van der Waals surface area contributed by atoms with Crippen molar-refractivity contribution in [2.24, 2.45) is 11.7 Å². The molecule has 0 fully saturated rings. The molecule has 0 radical (unpaired) electrons. The number of carbonyl (C=O) groups is 2. The highest BCUT2D eigenvalue weighted by Crippen LogP contribution is 2.20. The topological polar surface area (TPSA) is 106 Å². The van der Waals surface area contributed by atoms with E-state index in [1.165, 1.54) is 0 Å². The van der Waals surface area contributed by atoms with Crippen LogP contribution in [0.2, 0.25) is 0 Å². The summed E-state index contributed by atoms with van der Waals surface area (Å²) in [5.74, 6) is 0.429. The number of ether oxygens (including phenoxy) is 1. The number of nitrogens with one attached hydrogen (secondary N) is 2. The van der Waals surface area contributed by atoms with Gasteiger partial charge in [0.25, 0.3) is 0 Å². The van der Waals surface area contributed by atoms with Gasteiger partial charge < -0.3 is 21.1 Å². The van der Waals surface area contributed by atoms with Gasteiger partial charge in [-0.2, -0.15) is 0 Å². The number of halogens is 2. The molecule has 7 nitrogen and oxygen atoms in total. The fraction of sp³-hybridized carbons (Fsp3) is 0.278. The lowest BCUT2D eigenvalue weighted by molar-refractivity contribution is -0.125. The summed E-state index contributed by atoms with van der Waals surface area (Å²) in [6, 6.07) is 11.6. The minimum absolute atomic E-state index is 0. The van der Waals surface area contributed by atoms with Gasteiger partial charge in [0.05, 0.1) is 12.6 Å². The number of benzene rings is 1. The van der Waals surface area contributed by atoms with Crippen molar-refractivity contribution in [2.45, 2.75) is 19.9 Å². The van der Waals surface area contributed by atoms with Gasteiger partial charge in [-0.15, -0.1) is 24.8 Å². The van der Waals surface area contributed by atoms with E-state index in [1.807, 2.05) is 19.9 Å². The first-order valence-electron chi connectivity index (χ1n) is 7.98. The lowest BCUT2D eigenvalue weighted by Gasteiger charge is -2.15. The van der Waals surface area contributed by atoms with Crippen LogP contribution in [0, 0.1) is 5.92 Å². The highest BCUT2D eigenvalue weighted by Gasteiger charge is 2.17. The fourth-order valence-electron chi connectivity index (χ4n) is 1.93. The van der Waals surface area contributed by atoms with Gasteiger partial charge in [0.1, 0.15) is 5.75 Å². The Morgan fingerprint density at radius 3 is 2.33 bits per heavy atom. The smallest absolute Gasteiger partial charge is 0.243 e. The van der Waals surface area contributed by atoms with E-state index in [4.69, 9.17) is 10.5 Å². The largest absolute Gasteiger partial charge is 0.439 e. The second kappa shape index (κ2) is 12.1. The van der Waals surface area contributed by atoms with E-state index in [9.17, 15) is 9.59 Å². The van der Waals surface area contributed by atoms with Crippen LogP contribution in [0.4, 0.5) is 5.69 Å². The number of aromatic nitrogens is 1. The normalized spacial score (nSPS) is 10.8. The average Bonchev–Trinajstić information content (AvgIpc) is 2.61. The Hall–Kier alpha value is -2.35. The molecule has 0 spiro atoms. The molecule has 2 aromatic rings. The van der Waals surface area contributed by atoms with Gasteiger partial charge in [-0.25, -0.2) is 4.98 Å². The van der Waals surface area contributed by atoms with Crippen molar-refractivity contribution in [3.05, 3.63) is 48.7 Å². The van der Waals surface area contributed by atoms with Crippen molar-refractivity contribution in [3.63, 3.8) is 0 Å². The van der Waals surface area contributed by atoms with Crippen molar-refractivity contribution in [2.75, 3.05) is 11.9 Å². The summed E-state index contributed by atoms with van der Waals surface area (Å²) in [6.45, 7) is 3.56. The van der Waals surface area contributed by atoms with Crippen LogP contribution in [0.3, 0.4) is 0 Å². The number of anilines is 1. The summed E-state index contributed by atoms with van der Waals surface area (Å²) >= 11 is 0. The van der Waals surface area contributed by atoms with E-state index in [0.717, 1.165) is 0 Å². The lowest BCUT2D eigenvalue weighted by atomic mass is 10.1. The molecule has 1 aromatic heterocycles. The SMILES string of the molecule is CC(C)[C@H](N)C(=O)NCC(=O)Nc1ccc(Oc2ccccn2)cc1.Cl.Cl. The molecule has 1 atom stereocenters. The number of rotatable bonds is 7. The van der Waals surface area contributed by atoms with Crippen molar-refractivity contribution >= 4 is 42.3 Å². The molecule has 9 heteroatoms. The maximum Gasteiger partial charge on any atom is 0.243 e. The zero-order valence-corrected chi connectivity index (χ0v) is 16.7. The summed E-state index contributed by atoms with van der Waals surface area (Å²) in [6.07, 6.45) is 1.64. The number of carbonyl (C=O) groups excluding carboxylic acids is 2. The highest BCUT2D eigenvalue weighted by molar-refractivity contribution is 5.95. The molecule has 0 saturated carbocycles. The number of amides is 2. The predicted molar refractivity (Wildman–Crippen MR) is 110 cm³/mol. The Morgan fingerprint density at radius 1 is 1.11 bits per heavy atom. The Bertz CT molecular complexity index is 712. The van der Waals surface area contributed by atoms with E-state index in [-0.39, 0.29) is 49.1 Å². The molecule has 1 heterocycles. The molecular formula is C18H24Cl2N4O3. The van der Waals surface area contributed by atoms with E-state index in [2.05, 4.69) is 15.6 Å². The predicted octanol–water partition coefficient (Wildman–Crippen LogP) is 2.76. The van der Waals surface area contributed by atoms with Crippen LogP contribution in [0.25, 0.3) is 0 Å². The van der Waals surface area contributed by atoms with E-state index < -0.39 is 6.04 Å². The maximum atomic E-state index is 11.9. The summed E-state index contributed by atoms with van der Waals surface area (Å²) < 4.78 is 5.57. The average molecular weight is 415 g/mol. The van der Waals surface area contributed by atoms with Crippen molar-refractivity contribution in [3.8, 4) is 11.6 Å². The molecular weight excluding hydrogens is 391 g/mol. The van der Waals surface area contributed by atoms with Gasteiger partial charge in [-0.1, -0.05) is 19.9 Å². The third-order valence-electron chi connectivity index (χ3n) is 3.44. The van der Waals surface area contributed by atoms with Gasteiger partial charge in [0, 0.05) is 18.0 Å². The summed E-state index contributed by atoms with van der Waals surface area (Å²) in [5, 5.41) is 5.21. The quantitative estimate of drug-likeness (QED) is 0.645. The molecule has 0 unspecified atom stereocenters. The molecule has 2 rings (SSSR count). The number of hydrogen-bond donors (Lipinski definition) is 3. The van der Waals surface area contributed by atoms with Crippen LogP contribution in [0.15, 0.2) is 48.7 Å². The minimum atomic E-state index is -0.629. The number of pyridine rings is 1. The first-order chi connectivity index (χ1) is 12.0. The molecule has 0 aliphatic heterocycles. The summed E-state index contributed by atoms with van der Waals surface area (Å²) in [5.41, 5.74) is 6.31. The number of hydrogen-bond acceptors (Lipinski definition) is 5. The maximum absolute atomic E-state index is 11.9. The third-order valence-corrected chi connectivity index (χ3v) is 3.44. The zero-order chi connectivity index (χ0) is 18.2. The molecule has 0 aliphatic rings. The minimum Gasteiger partial charge on any atom is -0.439 e. The zero-order valence-electron chi connectivity index (χ0n) is 15.0. The molecule has 0 aliphatic carbocycles. The van der Waals surface area contributed by atoms with Crippen molar-refractivity contribution < 1.29 is 14.3 Å². The van der Waals surface area contributed by atoms with Crippen molar-refractivity contribution in [1.82, 2.24) is 10.3 Å². The first-order valence-corrected chi connectivity index (χ1v) is 7.98. The molecule has 4 N–H and O–H groups in total. The second-order valence-corrected chi connectivity index (χ2v) is 5.83.